The van der Waals surface area contributed by atoms with E-state index in [0.717, 1.165) is 21.3 Å². The molecule has 0 saturated heterocycles. The second-order valence-corrected chi connectivity index (χ2v) is 10.1. The van der Waals surface area contributed by atoms with Gasteiger partial charge in [0, 0.05) is 19.2 Å². The first kappa shape index (κ1) is 21.4. The summed E-state index contributed by atoms with van der Waals surface area (Å²) in [6.45, 7) is 6.71. The molecule has 1 heterocycles. The number of fused-ring (bicyclic) bond motifs is 1. The number of carbonyl (C=O) groups excluding carboxylic acids is 1. The standard InChI is InChI=1S/C21H24N2O4S2/c1-5-29(25,26)17-8-6-7-16(13-17)20(24)22-21-23(9-10-27-4)18-12-14(2)11-15(3)19(18)28-21/h6-8,11-13H,5,9-10H2,1-4H3. The van der Waals surface area contributed by atoms with Crippen LogP contribution in [0.1, 0.15) is 28.4 Å². The minimum atomic E-state index is -3.39. The van der Waals surface area contributed by atoms with Crippen LogP contribution in [0.5, 0.6) is 0 Å². The van der Waals surface area contributed by atoms with Gasteiger partial charge in [0.2, 0.25) is 0 Å². The van der Waals surface area contributed by atoms with E-state index in [0.29, 0.717) is 18.0 Å². The van der Waals surface area contributed by atoms with Gasteiger partial charge in [-0.25, -0.2) is 8.42 Å². The number of methoxy groups -OCH3 is 1. The molecule has 154 valence electrons. The van der Waals surface area contributed by atoms with Crippen LogP contribution in [0.15, 0.2) is 46.3 Å². The summed E-state index contributed by atoms with van der Waals surface area (Å²) in [5.74, 6) is -0.487. The zero-order valence-corrected chi connectivity index (χ0v) is 18.6. The quantitative estimate of drug-likeness (QED) is 0.597. The number of hydrogen-bond donors (Lipinski definition) is 0. The lowest BCUT2D eigenvalue weighted by atomic mass is 10.1. The van der Waals surface area contributed by atoms with Crippen LogP contribution in [0.4, 0.5) is 0 Å². The number of thiazole rings is 1. The molecule has 0 atom stereocenters. The van der Waals surface area contributed by atoms with Crippen molar-refractivity contribution in [2.45, 2.75) is 32.2 Å². The van der Waals surface area contributed by atoms with Crippen molar-refractivity contribution in [3.8, 4) is 0 Å². The van der Waals surface area contributed by atoms with Crippen molar-refractivity contribution in [3.05, 3.63) is 57.9 Å². The monoisotopic (exact) mass is 432 g/mol. The zero-order chi connectivity index (χ0) is 21.2. The topological polar surface area (TPSA) is 77.7 Å². The average molecular weight is 433 g/mol. The Hall–Kier alpha value is -2.29. The van der Waals surface area contributed by atoms with Gasteiger partial charge in [-0.3, -0.25) is 4.79 Å². The first-order valence-electron chi connectivity index (χ1n) is 9.28. The molecule has 0 aliphatic rings. The lowest BCUT2D eigenvalue weighted by molar-refractivity contribution is 0.0997. The van der Waals surface area contributed by atoms with Gasteiger partial charge in [0.05, 0.1) is 27.5 Å². The molecule has 0 bridgehead atoms. The Morgan fingerprint density at radius 2 is 1.97 bits per heavy atom. The maximum Gasteiger partial charge on any atom is 0.279 e. The number of carbonyl (C=O) groups is 1. The minimum absolute atomic E-state index is 0.0201. The van der Waals surface area contributed by atoms with Crippen molar-refractivity contribution in [3.63, 3.8) is 0 Å². The third-order valence-corrected chi connectivity index (χ3v) is 7.61. The summed E-state index contributed by atoms with van der Waals surface area (Å²) < 4.78 is 32.5. The van der Waals surface area contributed by atoms with Crippen molar-refractivity contribution in [1.82, 2.24) is 4.57 Å². The molecular formula is C21H24N2O4S2. The highest BCUT2D eigenvalue weighted by atomic mass is 32.2. The number of sulfone groups is 1. The van der Waals surface area contributed by atoms with Crippen LogP contribution in [0, 0.1) is 13.8 Å². The number of rotatable bonds is 6. The van der Waals surface area contributed by atoms with Crippen molar-refractivity contribution >= 4 is 37.3 Å². The predicted octanol–water partition coefficient (Wildman–Crippen LogP) is 3.50. The highest BCUT2D eigenvalue weighted by Gasteiger charge is 2.15. The van der Waals surface area contributed by atoms with Gasteiger partial charge < -0.3 is 9.30 Å². The molecule has 3 aromatic rings. The molecule has 0 spiro atoms. The van der Waals surface area contributed by atoms with Gasteiger partial charge in [-0.2, -0.15) is 4.99 Å². The largest absolute Gasteiger partial charge is 0.383 e. The molecule has 1 amide bonds. The summed E-state index contributed by atoms with van der Waals surface area (Å²) in [5, 5.41) is 0. The van der Waals surface area contributed by atoms with Crippen LogP contribution in [0.2, 0.25) is 0 Å². The molecule has 0 aliphatic heterocycles. The fourth-order valence-corrected chi connectivity index (χ4v) is 5.17. The normalized spacial score (nSPS) is 12.6. The molecule has 0 radical (unpaired) electrons. The number of hydrogen-bond acceptors (Lipinski definition) is 5. The highest BCUT2D eigenvalue weighted by Crippen LogP contribution is 2.23. The second kappa shape index (κ2) is 8.61. The Morgan fingerprint density at radius 3 is 2.66 bits per heavy atom. The predicted molar refractivity (Wildman–Crippen MR) is 115 cm³/mol. The SMILES string of the molecule is CCS(=O)(=O)c1cccc(C(=O)N=c2sc3c(C)cc(C)cc3n2CCOC)c1. The van der Waals surface area contributed by atoms with Crippen molar-refractivity contribution in [2.75, 3.05) is 19.5 Å². The van der Waals surface area contributed by atoms with Gasteiger partial charge in [0.15, 0.2) is 14.6 Å². The van der Waals surface area contributed by atoms with E-state index >= 15 is 0 Å². The van der Waals surface area contributed by atoms with Crippen LogP contribution in [-0.2, 0) is 21.1 Å². The van der Waals surface area contributed by atoms with E-state index in [1.54, 1.807) is 26.2 Å². The first-order chi connectivity index (χ1) is 13.8. The second-order valence-electron chi connectivity index (χ2n) is 6.81. The third kappa shape index (κ3) is 4.49. The Bertz CT molecular complexity index is 1240. The maximum atomic E-state index is 12.8. The van der Waals surface area contributed by atoms with E-state index in [9.17, 15) is 13.2 Å². The molecule has 0 saturated carbocycles. The number of ether oxygens (including phenoxy) is 1. The summed E-state index contributed by atoms with van der Waals surface area (Å²) >= 11 is 1.45. The summed E-state index contributed by atoms with van der Waals surface area (Å²) in [6.07, 6.45) is 0. The van der Waals surface area contributed by atoms with Crippen molar-refractivity contribution < 1.29 is 17.9 Å². The van der Waals surface area contributed by atoms with Gasteiger partial charge in [-0.05, 0) is 49.2 Å². The summed E-state index contributed by atoms with van der Waals surface area (Å²) in [5.41, 5.74) is 3.53. The van der Waals surface area contributed by atoms with Crippen LogP contribution in [0.3, 0.4) is 0 Å². The molecule has 0 unspecified atom stereocenters. The van der Waals surface area contributed by atoms with Crippen LogP contribution in [0.25, 0.3) is 10.2 Å². The lowest BCUT2D eigenvalue weighted by Crippen LogP contribution is -2.19. The van der Waals surface area contributed by atoms with Gasteiger partial charge in [0.25, 0.3) is 5.91 Å². The number of aryl methyl sites for hydroxylation is 2. The fourth-order valence-electron chi connectivity index (χ4n) is 3.14. The molecule has 0 aliphatic carbocycles. The smallest absolute Gasteiger partial charge is 0.279 e. The number of amides is 1. The van der Waals surface area contributed by atoms with E-state index < -0.39 is 15.7 Å². The highest BCUT2D eigenvalue weighted by molar-refractivity contribution is 7.91. The van der Waals surface area contributed by atoms with E-state index in [4.69, 9.17) is 4.74 Å². The van der Waals surface area contributed by atoms with Gasteiger partial charge >= 0.3 is 0 Å². The molecule has 0 N–H and O–H groups in total. The van der Waals surface area contributed by atoms with Crippen molar-refractivity contribution in [2.24, 2.45) is 4.99 Å². The molecule has 0 fully saturated rings. The molecule has 6 nitrogen and oxygen atoms in total. The van der Waals surface area contributed by atoms with Gasteiger partial charge in [-0.15, -0.1) is 0 Å². The Kier molecular flexibility index (Phi) is 6.36. The van der Waals surface area contributed by atoms with E-state index in [-0.39, 0.29) is 16.2 Å². The first-order valence-corrected chi connectivity index (χ1v) is 11.7. The minimum Gasteiger partial charge on any atom is -0.383 e. The number of benzene rings is 2. The van der Waals surface area contributed by atoms with Crippen molar-refractivity contribution in [1.29, 1.82) is 0 Å². The molecule has 3 rings (SSSR count). The number of aromatic nitrogens is 1. The van der Waals surface area contributed by atoms with Crippen LogP contribution < -0.4 is 4.80 Å². The van der Waals surface area contributed by atoms with E-state index in [1.807, 2.05) is 18.4 Å². The fraction of sp³-hybridized carbons (Fsp3) is 0.333. The van der Waals surface area contributed by atoms with E-state index in [1.165, 1.54) is 23.5 Å². The molecule has 8 heteroatoms. The van der Waals surface area contributed by atoms with E-state index in [2.05, 4.69) is 17.1 Å². The molecular weight excluding hydrogens is 408 g/mol. The Labute approximate surface area is 174 Å². The Morgan fingerprint density at radius 1 is 1.21 bits per heavy atom. The summed E-state index contributed by atoms with van der Waals surface area (Å²) in [6, 6.07) is 10.2. The molecule has 29 heavy (non-hydrogen) atoms. The number of nitrogens with zero attached hydrogens (tertiary/aromatic N) is 2. The Balaban J connectivity index is 2.14. The zero-order valence-electron chi connectivity index (χ0n) is 16.9. The maximum absolute atomic E-state index is 12.8. The summed E-state index contributed by atoms with van der Waals surface area (Å²) in [7, 11) is -1.76. The van der Waals surface area contributed by atoms with Gasteiger partial charge in [-0.1, -0.05) is 30.4 Å². The van der Waals surface area contributed by atoms with Crippen LogP contribution >= 0.6 is 11.3 Å². The average Bonchev–Trinajstić information content (AvgIpc) is 3.03. The summed E-state index contributed by atoms with van der Waals surface area (Å²) in [4.78, 5) is 17.9. The lowest BCUT2D eigenvalue weighted by Gasteiger charge is -2.06. The molecule has 1 aromatic heterocycles. The van der Waals surface area contributed by atoms with Gasteiger partial charge in [0.1, 0.15) is 0 Å². The van der Waals surface area contributed by atoms with Crippen LogP contribution in [-0.4, -0.2) is 38.4 Å². The molecule has 2 aromatic carbocycles. The third-order valence-electron chi connectivity index (χ3n) is 4.65.